The standard InChI is InChI=1S/C9H18N2O2/c1-9(2,3)11-8(12)13-7-5-4-6-10/h4-5H,6-7,10H2,1-3H3,(H,11,12). The van der Waals surface area contributed by atoms with E-state index in [9.17, 15) is 4.79 Å². The first-order chi connectivity index (χ1) is 5.95. The monoisotopic (exact) mass is 186 g/mol. The molecule has 0 rings (SSSR count). The molecule has 0 atom stereocenters. The second-order valence-corrected chi connectivity index (χ2v) is 3.68. The van der Waals surface area contributed by atoms with Crippen molar-refractivity contribution in [1.82, 2.24) is 5.32 Å². The number of nitrogens with one attached hydrogen (secondary N) is 1. The highest BCUT2D eigenvalue weighted by Gasteiger charge is 2.13. The van der Waals surface area contributed by atoms with Crippen LogP contribution in [0.15, 0.2) is 12.2 Å². The van der Waals surface area contributed by atoms with Crippen LogP contribution in [0, 0.1) is 0 Å². The molecule has 0 saturated heterocycles. The molecule has 4 nitrogen and oxygen atoms in total. The molecule has 13 heavy (non-hydrogen) atoms. The van der Waals surface area contributed by atoms with Crippen molar-refractivity contribution in [3.8, 4) is 0 Å². The Morgan fingerprint density at radius 3 is 2.54 bits per heavy atom. The van der Waals surface area contributed by atoms with Crippen LogP contribution >= 0.6 is 0 Å². The van der Waals surface area contributed by atoms with E-state index in [2.05, 4.69) is 5.32 Å². The highest BCUT2D eigenvalue weighted by molar-refractivity contribution is 5.68. The summed E-state index contributed by atoms with van der Waals surface area (Å²) in [6, 6.07) is 0. The van der Waals surface area contributed by atoms with Crippen molar-refractivity contribution in [3.05, 3.63) is 12.2 Å². The number of hydrogen-bond acceptors (Lipinski definition) is 3. The Morgan fingerprint density at radius 2 is 2.08 bits per heavy atom. The Kier molecular flexibility index (Phi) is 5.14. The zero-order valence-electron chi connectivity index (χ0n) is 8.46. The summed E-state index contributed by atoms with van der Waals surface area (Å²) in [5.74, 6) is 0. The van der Waals surface area contributed by atoms with Gasteiger partial charge in [-0.15, -0.1) is 0 Å². The van der Waals surface area contributed by atoms with E-state index in [0.29, 0.717) is 6.54 Å². The Morgan fingerprint density at radius 1 is 1.46 bits per heavy atom. The summed E-state index contributed by atoms with van der Waals surface area (Å²) in [5.41, 5.74) is 4.95. The van der Waals surface area contributed by atoms with Crippen molar-refractivity contribution in [2.24, 2.45) is 5.73 Å². The van der Waals surface area contributed by atoms with Crippen LogP contribution in [0.1, 0.15) is 20.8 Å². The Balaban J connectivity index is 3.58. The molecule has 0 heterocycles. The van der Waals surface area contributed by atoms with Gasteiger partial charge in [0.1, 0.15) is 6.61 Å². The zero-order chi connectivity index (χ0) is 10.3. The van der Waals surface area contributed by atoms with Gasteiger partial charge in [-0.2, -0.15) is 0 Å². The van der Waals surface area contributed by atoms with E-state index < -0.39 is 6.09 Å². The summed E-state index contributed by atoms with van der Waals surface area (Å²) in [4.78, 5) is 11.0. The predicted molar refractivity (Wildman–Crippen MR) is 52.4 cm³/mol. The number of alkyl carbamates (subject to hydrolysis) is 1. The first-order valence-corrected chi connectivity index (χ1v) is 4.26. The molecule has 0 aromatic heterocycles. The van der Waals surface area contributed by atoms with Gasteiger partial charge in [-0.1, -0.05) is 6.08 Å². The Bertz CT molecular complexity index is 183. The lowest BCUT2D eigenvalue weighted by molar-refractivity contribution is 0.149. The fourth-order valence-electron chi connectivity index (χ4n) is 0.630. The summed E-state index contributed by atoms with van der Waals surface area (Å²) in [6.07, 6.45) is 3.04. The number of amides is 1. The normalized spacial score (nSPS) is 11.7. The Labute approximate surface area is 79.1 Å². The second kappa shape index (κ2) is 5.59. The number of carbonyl (C=O) groups is 1. The van der Waals surface area contributed by atoms with Gasteiger partial charge in [0.25, 0.3) is 0 Å². The highest BCUT2D eigenvalue weighted by atomic mass is 16.5. The molecule has 1 amide bonds. The summed E-state index contributed by atoms with van der Waals surface area (Å²) >= 11 is 0. The lowest BCUT2D eigenvalue weighted by Crippen LogP contribution is -2.40. The smallest absolute Gasteiger partial charge is 0.407 e. The average molecular weight is 186 g/mol. The van der Waals surface area contributed by atoms with Crippen LogP contribution in [-0.4, -0.2) is 24.8 Å². The molecule has 0 fully saturated rings. The minimum atomic E-state index is -0.408. The summed E-state index contributed by atoms with van der Waals surface area (Å²) in [6.45, 7) is 6.40. The number of rotatable bonds is 3. The van der Waals surface area contributed by atoms with Crippen molar-refractivity contribution in [2.75, 3.05) is 13.2 Å². The van der Waals surface area contributed by atoms with Crippen LogP contribution in [0.2, 0.25) is 0 Å². The maximum absolute atomic E-state index is 11.0. The summed E-state index contributed by atoms with van der Waals surface area (Å²) in [5, 5.41) is 2.67. The number of ether oxygens (including phenoxy) is 1. The van der Waals surface area contributed by atoms with Gasteiger partial charge >= 0.3 is 6.09 Å². The van der Waals surface area contributed by atoms with Gasteiger partial charge in [0.05, 0.1) is 0 Å². The van der Waals surface area contributed by atoms with E-state index in [4.69, 9.17) is 10.5 Å². The SMILES string of the molecule is CC(C)(C)NC(=O)OCC=CCN. The summed E-state index contributed by atoms with van der Waals surface area (Å²) < 4.78 is 4.83. The molecular formula is C9H18N2O2. The molecule has 0 aliphatic heterocycles. The first kappa shape index (κ1) is 12.0. The third-order valence-corrected chi connectivity index (χ3v) is 1.09. The van der Waals surface area contributed by atoms with Crippen LogP contribution in [0.4, 0.5) is 4.79 Å². The fraction of sp³-hybridized carbons (Fsp3) is 0.667. The van der Waals surface area contributed by atoms with Gasteiger partial charge in [-0.25, -0.2) is 4.79 Å². The third kappa shape index (κ3) is 8.88. The topological polar surface area (TPSA) is 64.3 Å². The van der Waals surface area contributed by atoms with Crippen LogP contribution in [-0.2, 0) is 4.74 Å². The molecule has 0 bridgehead atoms. The molecule has 76 valence electrons. The van der Waals surface area contributed by atoms with Gasteiger partial charge in [-0.3, -0.25) is 0 Å². The van der Waals surface area contributed by atoms with Crippen LogP contribution in [0.25, 0.3) is 0 Å². The van der Waals surface area contributed by atoms with Crippen molar-refractivity contribution in [1.29, 1.82) is 0 Å². The van der Waals surface area contributed by atoms with E-state index in [0.717, 1.165) is 0 Å². The molecule has 0 aromatic rings. The predicted octanol–water partition coefficient (Wildman–Crippen LogP) is 1.03. The molecular weight excluding hydrogens is 168 g/mol. The van der Waals surface area contributed by atoms with E-state index >= 15 is 0 Å². The Hall–Kier alpha value is -1.03. The van der Waals surface area contributed by atoms with Crippen LogP contribution in [0.3, 0.4) is 0 Å². The number of carbonyl (C=O) groups excluding carboxylic acids is 1. The van der Waals surface area contributed by atoms with E-state index in [1.807, 2.05) is 20.8 Å². The van der Waals surface area contributed by atoms with Crippen molar-refractivity contribution in [3.63, 3.8) is 0 Å². The van der Waals surface area contributed by atoms with Gasteiger partial charge < -0.3 is 15.8 Å². The van der Waals surface area contributed by atoms with E-state index in [-0.39, 0.29) is 12.1 Å². The number of hydrogen-bond donors (Lipinski definition) is 2. The molecule has 3 N–H and O–H groups in total. The van der Waals surface area contributed by atoms with Crippen molar-refractivity contribution in [2.45, 2.75) is 26.3 Å². The maximum atomic E-state index is 11.0. The molecule has 0 saturated carbocycles. The fourth-order valence-corrected chi connectivity index (χ4v) is 0.630. The van der Waals surface area contributed by atoms with Gasteiger partial charge in [0.2, 0.25) is 0 Å². The van der Waals surface area contributed by atoms with Crippen molar-refractivity contribution >= 4 is 6.09 Å². The second-order valence-electron chi connectivity index (χ2n) is 3.68. The van der Waals surface area contributed by atoms with Crippen LogP contribution in [0.5, 0.6) is 0 Å². The van der Waals surface area contributed by atoms with Gasteiger partial charge in [0, 0.05) is 12.1 Å². The summed E-state index contributed by atoms with van der Waals surface area (Å²) in [7, 11) is 0. The van der Waals surface area contributed by atoms with E-state index in [1.54, 1.807) is 12.2 Å². The lowest BCUT2D eigenvalue weighted by atomic mass is 10.1. The number of nitrogens with two attached hydrogens (primary N) is 1. The highest BCUT2D eigenvalue weighted by Crippen LogP contribution is 1.98. The average Bonchev–Trinajstić information content (AvgIpc) is 1.94. The molecule has 0 aliphatic carbocycles. The maximum Gasteiger partial charge on any atom is 0.407 e. The third-order valence-electron chi connectivity index (χ3n) is 1.09. The minimum absolute atomic E-state index is 0.255. The molecule has 0 spiro atoms. The molecule has 0 aliphatic rings. The zero-order valence-corrected chi connectivity index (χ0v) is 8.46. The van der Waals surface area contributed by atoms with Gasteiger partial charge in [0.15, 0.2) is 0 Å². The van der Waals surface area contributed by atoms with Crippen LogP contribution < -0.4 is 11.1 Å². The van der Waals surface area contributed by atoms with Gasteiger partial charge in [-0.05, 0) is 26.8 Å². The molecule has 0 aromatic carbocycles. The first-order valence-electron chi connectivity index (χ1n) is 4.26. The largest absolute Gasteiger partial charge is 0.445 e. The lowest BCUT2D eigenvalue weighted by Gasteiger charge is -2.19. The van der Waals surface area contributed by atoms with E-state index in [1.165, 1.54) is 0 Å². The molecule has 0 unspecified atom stereocenters. The minimum Gasteiger partial charge on any atom is -0.445 e. The molecule has 4 heteroatoms. The van der Waals surface area contributed by atoms with Crippen molar-refractivity contribution < 1.29 is 9.53 Å². The molecule has 0 radical (unpaired) electrons. The quantitative estimate of drug-likeness (QED) is 0.647.